The Kier molecular flexibility index (Phi) is 7.27. The van der Waals surface area contributed by atoms with E-state index in [9.17, 15) is 43.9 Å². The average molecular weight is 577 g/mol. The maximum atomic E-state index is 14.8. The second kappa shape index (κ2) is 10.1. The molecule has 1 atom stereocenters. The normalized spacial score (nSPS) is 16.0. The van der Waals surface area contributed by atoms with Gasteiger partial charge in [-0.25, -0.2) is 12.8 Å². The maximum absolute atomic E-state index is 14.8. The lowest BCUT2D eigenvalue weighted by atomic mass is 10.0. The highest BCUT2D eigenvalue weighted by Gasteiger charge is 2.38. The minimum absolute atomic E-state index is 0.136. The van der Waals surface area contributed by atoms with Crippen molar-refractivity contribution in [2.75, 3.05) is 10.8 Å². The molecule has 1 aliphatic rings. The van der Waals surface area contributed by atoms with Crippen LogP contribution in [0.15, 0.2) is 65.6 Å². The van der Waals surface area contributed by atoms with E-state index in [0.29, 0.717) is 22.5 Å². The van der Waals surface area contributed by atoms with Gasteiger partial charge in [0, 0.05) is 12.0 Å². The summed E-state index contributed by atoms with van der Waals surface area (Å²) in [6.45, 7) is -0.520. The van der Waals surface area contributed by atoms with Gasteiger partial charge >= 0.3 is 18.3 Å². The SMILES string of the molecule is O=C(O)CC[C@H]1CN(S(=O)(=O)c2cccc(C(F)(F)F)c2)c2cc(-c3cccc(C(F)(F)F)c3F)ccc2O1. The highest BCUT2D eigenvalue weighted by Crippen LogP contribution is 2.43. The van der Waals surface area contributed by atoms with Crippen molar-refractivity contribution in [2.24, 2.45) is 0 Å². The fraction of sp³-hybridized carbons (Fsp3) is 0.240. The third-order valence-electron chi connectivity index (χ3n) is 5.94. The van der Waals surface area contributed by atoms with E-state index in [2.05, 4.69) is 0 Å². The molecule has 0 unspecified atom stereocenters. The van der Waals surface area contributed by atoms with Crippen molar-refractivity contribution in [2.45, 2.75) is 36.2 Å². The zero-order chi connectivity index (χ0) is 28.8. The first-order valence-corrected chi connectivity index (χ1v) is 12.6. The second-order valence-electron chi connectivity index (χ2n) is 8.58. The van der Waals surface area contributed by atoms with Gasteiger partial charge in [-0.15, -0.1) is 0 Å². The van der Waals surface area contributed by atoms with E-state index in [0.717, 1.165) is 30.3 Å². The van der Waals surface area contributed by atoms with E-state index in [-0.39, 0.29) is 23.4 Å². The molecule has 14 heteroatoms. The van der Waals surface area contributed by atoms with Crippen LogP contribution in [0, 0.1) is 5.82 Å². The number of aliphatic carboxylic acids is 1. The predicted molar refractivity (Wildman–Crippen MR) is 124 cm³/mol. The molecule has 4 rings (SSSR count). The minimum Gasteiger partial charge on any atom is -0.486 e. The monoisotopic (exact) mass is 577 g/mol. The highest BCUT2D eigenvalue weighted by atomic mass is 32.2. The van der Waals surface area contributed by atoms with Gasteiger partial charge in [-0.05, 0) is 48.4 Å². The van der Waals surface area contributed by atoms with Crippen molar-refractivity contribution < 1.29 is 53.8 Å². The molecule has 0 aromatic heterocycles. The molecule has 0 radical (unpaired) electrons. The van der Waals surface area contributed by atoms with Crippen molar-refractivity contribution in [3.63, 3.8) is 0 Å². The summed E-state index contributed by atoms with van der Waals surface area (Å²) >= 11 is 0. The van der Waals surface area contributed by atoms with Crippen LogP contribution >= 0.6 is 0 Å². The van der Waals surface area contributed by atoms with Crippen LogP contribution in [0.1, 0.15) is 24.0 Å². The Balaban J connectivity index is 1.85. The van der Waals surface area contributed by atoms with Gasteiger partial charge in [-0.1, -0.05) is 24.3 Å². The number of carboxylic acid groups (broad SMARTS) is 1. The Bertz CT molecular complexity index is 1520. The lowest BCUT2D eigenvalue weighted by Crippen LogP contribution is -2.43. The molecule has 208 valence electrons. The number of rotatable bonds is 6. The highest BCUT2D eigenvalue weighted by molar-refractivity contribution is 7.92. The van der Waals surface area contributed by atoms with Gasteiger partial charge < -0.3 is 9.84 Å². The molecular formula is C25H18F7NO5S. The number of ether oxygens (including phenoxy) is 1. The number of nitrogens with zero attached hydrogens (tertiary/aromatic N) is 1. The summed E-state index contributed by atoms with van der Waals surface area (Å²) in [5.74, 6) is -2.94. The fourth-order valence-electron chi connectivity index (χ4n) is 4.08. The Morgan fingerprint density at radius 3 is 2.31 bits per heavy atom. The number of hydrogen-bond acceptors (Lipinski definition) is 4. The van der Waals surface area contributed by atoms with Crippen LogP contribution in [-0.2, 0) is 27.2 Å². The Morgan fingerprint density at radius 2 is 1.67 bits per heavy atom. The van der Waals surface area contributed by atoms with Gasteiger partial charge in [0.25, 0.3) is 10.0 Å². The average Bonchev–Trinajstić information content (AvgIpc) is 2.85. The van der Waals surface area contributed by atoms with Crippen LogP contribution in [0.25, 0.3) is 11.1 Å². The van der Waals surface area contributed by atoms with Gasteiger partial charge in [0.2, 0.25) is 0 Å². The first kappa shape index (κ1) is 28.2. The van der Waals surface area contributed by atoms with Crippen LogP contribution < -0.4 is 9.04 Å². The second-order valence-corrected chi connectivity index (χ2v) is 10.4. The Morgan fingerprint density at radius 1 is 0.974 bits per heavy atom. The molecule has 0 bridgehead atoms. The number of sulfonamides is 1. The summed E-state index contributed by atoms with van der Waals surface area (Å²) < 4.78 is 128. The van der Waals surface area contributed by atoms with E-state index < -0.39 is 74.8 Å². The number of halogens is 7. The third kappa shape index (κ3) is 5.79. The number of fused-ring (bicyclic) bond motifs is 1. The number of alkyl halides is 6. The summed E-state index contributed by atoms with van der Waals surface area (Å²) in [5.41, 5.74) is -3.71. The van der Waals surface area contributed by atoms with Crippen molar-refractivity contribution in [1.82, 2.24) is 0 Å². The number of benzene rings is 3. The molecular weight excluding hydrogens is 559 g/mol. The summed E-state index contributed by atoms with van der Waals surface area (Å²) in [5, 5.41) is 9.01. The van der Waals surface area contributed by atoms with Crippen molar-refractivity contribution >= 4 is 21.7 Å². The maximum Gasteiger partial charge on any atom is 0.419 e. The molecule has 0 aliphatic carbocycles. The molecule has 0 saturated heterocycles. The summed E-state index contributed by atoms with van der Waals surface area (Å²) in [4.78, 5) is 10.3. The molecule has 0 amide bonds. The minimum atomic E-state index is -5.01. The molecule has 3 aromatic rings. The molecule has 1 heterocycles. The van der Waals surface area contributed by atoms with Crippen molar-refractivity contribution in [3.05, 3.63) is 77.6 Å². The third-order valence-corrected chi connectivity index (χ3v) is 7.71. The molecule has 39 heavy (non-hydrogen) atoms. The van der Waals surface area contributed by atoms with E-state index >= 15 is 0 Å². The van der Waals surface area contributed by atoms with Gasteiger partial charge in [0.15, 0.2) is 0 Å². The van der Waals surface area contributed by atoms with Gasteiger partial charge in [0.05, 0.1) is 28.3 Å². The molecule has 0 saturated carbocycles. The van der Waals surface area contributed by atoms with Gasteiger partial charge in [-0.3, -0.25) is 9.10 Å². The Labute approximate surface area is 217 Å². The zero-order valence-corrected chi connectivity index (χ0v) is 20.4. The fourth-order valence-corrected chi connectivity index (χ4v) is 5.62. The number of carbonyl (C=O) groups is 1. The molecule has 0 fully saturated rings. The molecule has 3 aromatic carbocycles. The largest absolute Gasteiger partial charge is 0.486 e. The molecule has 1 aliphatic heterocycles. The van der Waals surface area contributed by atoms with E-state index in [1.54, 1.807) is 0 Å². The van der Waals surface area contributed by atoms with E-state index in [4.69, 9.17) is 9.84 Å². The van der Waals surface area contributed by atoms with E-state index in [1.807, 2.05) is 0 Å². The molecule has 6 nitrogen and oxygen atoms in total. The number of hydrogen-bond donors (Lipinski definition) is 1. The zero-order valence-electron chi connectivity index (χ0n) is 19.6. The van der Waals surface area contributed by atoms with Crippen molar-refractivity contribution in [1.29, 1.82) is 0 Å². The number of carboxylic acids is 1. The van der Waals surface area contributed by atoms with Gasteiger partial charge in [0.1, 0.15) is 17.7 Å². The van der Waals surface area contributed by atoms with Crippen LogP contribution in [0.4, 0.5) is 36.4 Å². The van der Waals surface area contributed by atoms with Crippen LogP contribution in [0.5, 0.6) is 5.75 Å². The van der Waals surface area contributed by atoms with E-state index in [1.165, 1.54) is 12.1 Å². The Hall–Kier alpha value is -3.81. The summed E-state index contributed by atoms with van der Waals surface area (Å²) in [6.07, 6.45) is -11.5. The molecule has 1 N–H and O–H groups in total. The lowest BCUT2D eigenvalue weighted by molar-refractivity contribution is -0.140. The standard InChI is InChI=1S/C25H18F7NO5S/c26-23-18(5-2-6-19(23)25(30,31)32)14-7-9-21-20(11-14)33(13-16(38-21)8-10-22(34)35)39(36,37)17-4-1-3-15(12-17)24(27,28)29/h1-7,9,11-12,16H,8,10,13H2,(H,34,35)/t16-/m0/s1. The first-order valence-electron chi connectivity index (χ1n) is 11.2. The summed E-state index contributed by atoms with van der Waals surface area (Å²) in [6, 6.07) is 8.90. The lowest BCUT2D eigenvalue weighted by Gasteiger charge is -2.36. The quantitative estimate of drug-likeness (QED) is 0.345. The topological polar surface area (TPSA) is 83.9 Å². The molecule has 0 spiro atoms. The van der Waals surface area contributed by atoms with Gasteiger partial charge in [-0.2, -0.15) is 26.3 Å². The van der Waals surface area contributed by atoms with Crippen molar-refractivity contribution in [3.8, 4) is 16.9 Å². The summed E-state index contributed by atoms with van der Waals surface area (Å²) in [7, 11) is -4.74. The van der Waals surface area contributed by atoms with Crippen LogP contribution in [0.3, 0.4) is 0 Å². The smallest absolute Gasteiger partial charge is 0.419 e. The first-order chi connectivity index (χ1) is 18.1. The van der Waals surface area contributed by atoms with Crippen LogP contribution in [0.2, 0.25) is 0 Å². The number of anilines is 1. The predicted octanol–water partition coefficient (Wildman–Crippen LogP) is 6.35. The van der Waals surface area contributed by atoms with Crippen LogP contribution in [-0.4, -0.2) is 32.1 Å².